The van der Waals surface area contributed by atoms with E-state index in [2.05, 4.69) is 4.74 Å². The molecule has 0 spiro atoms. The first-order valence-corrected chi connectivity index (χ1v) is 6.62. The summed E-state index contributed by atoms with van der Waals surface area (Å²) < 4.78 is 4.58. The van der Waals surface area contributed by atoms with Gasteiger partial charge in [-0.2, -0.15) is 0 Å². The second-order valence-electron chi connectivity index (χ2n) is 4.84. The summed E-state index contributed by atoms with van der Waals surface area (Å²) >= 11 is 0. The first-order chi connectivity index (χ1) is 9.93. The van der Waals surface area contributed by atoms with Gasteiger partial charge in [-0.25, -0.2) is 4.79 Å². The molecule has 0 aliphatic rings. The van der Waals surface area contributed by atoms with Crippen molar-refractivity contribution in [2.45, 2.75) is 6.92 Å². The van der Waals surface area contributed by atoms with E-state index in [1.165, 1.54) is 12.7 Å². The minimum atomic E-state index is -0.301. The molecule has 2 rings (SSSR count). The highest BCUT2D eigenvalue weighted by molar-refractivity contribution is 5.89. The molecule has 0 heterocycles. The lowest BCUT2D eigenvalue weighted by Gasteiger charge is -2.11. The van der Waals surface area contributed by atoms with Crippen LogP contribution in [0.1, 0.15) is 15.9 Å². The van der Waals surface area contributed by atoms with Crippen molar-refractivity contribution in [3.05, 3.63) is 59.7 Å². The van der Waals surface area contributed by atoms with Gasteiger partial charge >= 0.3 is 5.97 Å². The lowest BCUT2D eigenvalue weighted by atomic mass is 10.2. The van der Waals surface area contributed by atoms with Crippen molar-refractivity contribution in [2.24, 2.45) is 0 Å². The molecule has 2 N–H and O–H groups in total. The Morgan fingerprint density at radius 2 is 1.52 bits per heavy atom. The Labute approximate surface area is 126 Å². The first kappa shape index (κ1) is 16.6. The first-order valence-electron chi connectivity index (χ1n) is 6.62. The van der Waals surface area contributed by atoms with Crippen LogP contribution in [0.4, 0.5) is 11.4 Å². The third kappa shape index (κ3) is 5.57. The minimum Gasteiger partial charge on any atom is -0.465 e. The van der Waals surface area contributed by atoms with E-state index in [-0.39, 0.29) is 5.97 Å². The number of carbonyl (C=O) groups excluding carboxylic acids is 1. The second kappa shape index (κ2) is 7.94. The maximum atomic E-state index is 11.1. The molecule has 0 unspecified atom stereocenters. The zero-order chi connectivity index (χ0) is 15.8. The summed E-state index contributed by atoms with van der Waals surface area (Å²) in [6.07, 6.45) is 0. The van der Waals surface area contributed by atoms with Crippen LogP contribution in [-0.2, 0) is 4.74 Å². The Bertz CT molecular complexity index is 539. The third-order valence-electron chi connectivity index (χ3n) is 2.88. The molecule has 0 bridgehead atoms. The summed E-state index contributed by atoms with van der Waals surface area (Å²) in [5, 5.41) is 0. The van der Waals surface area contributed by atoms with E-state index in [1.54, 1.807) is 12.1 Å². The smallest absolute Gasteiger partial charge is 0.337 e. The zero-order valence-corrected chi connectivity index (χ0v) is 13.0. The van der Waals surface area contributed by atoms with Crippen molar-refractivity contribution in [1.29, 1.82) is 0 Å². The minimum absolute atomic E-state index is 0.301. The summed E-state index contributed by atoms with van der Waals surface area (Å²) in [7, 11) is 5.28. The van der Waals surface area contributed by atoms with Crippen LogP contribution in [0.25, 0.3) is 0 Å². The third-order valence-corrected chi connectivity index (χ3v) is 2.88. The van der Waals surface area contributed by atoms with E-state index in [0.717, 1.165) is 11.4 Å². The van der Waals surface area contributed by atoms with Crippen molar-refractivity contribution in [3.8, 4) is 0 Å². The van der Waals surface area contributed by atoms with Gasteiger partial charge < -0.3 is 15.4 Å². The van der Waals surface area contributed by atoms with E-state index in [4.69, 9.17) is 5.73 Å². The fourth-order valence-corrected chi connectivity index (χ4v) is 1.58. The van der Waals surface area contributed by atoms with Gasteiger partial charge in [0.1, 0.15) is 0 Å². The van der Waals surface area contributed by atoms with Gasteiger partial charge in [-0.1, -0.05) is 17.7 Å². The predicted octanol–water partition coefficient (Wildman–Crippen LogP) is 3.12. The highest BCUT2D eigenvalue weighted by Gasteiger charge is 2.04. The maximum absolute atomic E-state index is 11.1. The Hall–Kier alpha value is -2.49. The number of nitrogens with two attached hydrogens (primary N) is 1. The van der Waals surface area contributed by atoms with Crippen molar-refractivity contribution >= 4 is 17.3 Å². The average molecular weight is 286 g/mol. The van der Waals surface area contributed by atoms with E-state index < -0.39 is 0 Å². The monoisotopic (exact) mass is 286 g/mol. The summed E-state index contributed by atoms with van der Waals surface area (Å²) in [6, 6.07) is 15.1. The molecule has 4 heteroatoms. The number of rotatable bonds is 2. The van der Waals surface area contributed by atoms with Crippen LogP contribution >= 0.6 is 0 Å². The second-order valence-corrected chi connectivity index (χ2v) is 4.84. The number of benzene rings is 2. The molecule has 112 valence electrons. The number of nitrogens with zero attached hydrogens (tertiary/aromatic N) is 1. The molecule has 0 aromatic heterocycles. The van der Waals surface area contributed by atoms with Crippen LogP contribution in [0, 0.1) is 6.92 Å². The van der Waals surface area contributed by atoms with Gasteiger partial charge in [-0.05, 0) is 43.3 Å². The standard InChI is InChI=1S/C10H13NO2.C7H9N/c1-11(2)9-6-4-8(5-7-9)10(12)13-3;1-6-2-4-7(8)5-3-6/h4-7H,1-3H3;2-5H,8H2,1H3. The highest BCUT2D eigenvalue weighted by Crippen LogP contribution is 2.12. The lowest BCUT2D eigenvalue weighted by molar-refractivity contribution is 0.0601. The topological polar surface area (TPSA) is 55.6 Å². The number of ether oxygens (including phenoxy) is 1. The summed E-state index contributed by atoms with van der Waals surface area (Å²) in [5.41, 5.74) is 9.14. The molecule has 0 atom stereocenters. The van der Waals surface area contributed by atoms with Crippen LogP contribution in [-0.4, -0.2) is 27.2 Å². The largest absolute Gasteiger partial charge is 0.465 e. The maximum Gasteiger partial charge on any atom is 0.337 e. The van der Waals surface area contributed by atoms with E-state index >= 15 is 0 Å². The molecule has 0 aliphatic heterocycles. The van der Waals surface area contributed by atoms with Crippen LogP contribution in [0.2, 0.25) is 0 Å². The molecular weight excluding hydrogens is 264 g/mol. The number of hydrogen-bond acceptors (Lipinski definition) is 4. The van der Waals surface area contributed by atoms with E-state index in [1.807, 2.05) is 62.3 Å². The van der Waals surface area contributed by atoms with Gasteiger partial charge in [0.15, 0.2) is 0 Å². The molecule has 2 aromatic carbocycles. The Morgan fingerprint density at radius 1 is 1.00 bits per heavy atom. The van der Waals surface area contributed by atoms with Gasteiger partial charge in [0.05, 0.1) is 12.7 Å². The summed E-state index contributed by atoms with van der Waals surface area (Å²) in [6.45, 7) is 2.04. The highest BCUT2D eigenvalue weighted by atomic mass is 16.5. The van der Waals surface area contributed by atoms with Gasteiger partial charge in [0, 0.05) is 25.5 Å². The van der Waals surface area contributed by atoms with Crippen LogP contribution in [0.5, 0.6) is 0 Å². The van der Waals surface area contributed by atoms with Crippen LogP contribution < -0.4 is 10.6 Å². The van der Waals surface area contributed by atoms with Gasteiger partial charge in [-0.15, -0.1) is 0 Å². The van der Waals surface area contributed by atoms with Crippen LogP contribution in [0.3, 0.4) is 0 Å². The number of aryl methyl sites for hydroxylation is 1. The van der Waals surface area contributed by atoms with Gasteiger partial charge in [0.25, 0.3) is 0 Å². The van der Waals surface area contributed by atoms with Gasteiger partial charge in [0.2, 0.25) is 0 Å². The number of anilines is 2. The molecule has 2 aromatic rings. The van der Waals surface area contributed by atoms with Crippen LogP contribution in [0.15, 0.2) is 48.5 Å². The fourth-order valence-electron chi connectivity index (χ4n) is 1.58. The van der Waals surface area contributed by atoms with E-state index in [9.17, 15) is 4.79 Å². The summed E-state index contributed by atoms with van der Waals surface area (Å²) in [5.74, 6) is -0.301. The number of hydrogen-bond donors (Lipinski definition) is 1. The van der Waals surface area contributed by atoms with Crippen molar-refractivity contribution in [3.63, 3.8) is 0 Å². The molecule has 0 aliphatic carbocycles. The number of methoxy groups -OCH3 is 1. The molecule has 0 amide bonds. The van der Waals surface area contributed by atoms with Crippen molar-refractivity contribution < 1.29 is 9.53 Å². The molecule has 21 heavy (non-hydrogen) atoms. The Balaban J connectivity index is 0.000000235. The summed E-state index contributed by atoms with van der Waals surface area (Å²) in [4.78, 5) is 13.0. The Morgan fingerprint density at radius 3 is 1.90 bits per heavy atom. The molecule has 0 fully saturated rings. The molecule has 0 saturated carbocycles. The molecule has 0 saturated heterocycles. The number of esters is 1. The number of nitrogen functional groups attached to an aromatic ring is 1. The molecule has 4 nitrogen and oxygen atoms in total. The molecule has 0 radical (unpaired) electrons. The van der Waals surface area contributed by atoms with Gasteiger partial charge in [-0.3, -0.25) is 0 Å². The quantitative estimate of drug-likeness (QED) is 0.681. The Kier molecular flexibility index (Phi) is 6.27. The van der Waals surface area contributed by atoms with E-state index in [0.29, 0.717) is 5.56 Å². The zero-order valence-electron chi connectivity index (χ0n) is 13.0. The number of carbonyl (C=O) groups is 1. The lowest BCUT2D eigenvalue weighted by Crippen LogP contribution is -2.09. The normalized spacial score (nSPS) is 9.33. The fraction of sp³-hybridized carbons (Fsp3) is 0.235. The predicted molar refractivity (Wildman–Crippen MR) is 87.7 cm³/mol. The average Bonchev–Trinajstić information content (AvgIpc) is 2.50. The SMILES string of the molecule is COC(=O)c1ccc(N(C)C)cc1.Cc1ccc(N)cc1. The van der Waals surface area contributed by atoms with Crippen molar-refractivity contribution in [1.82, 2.24) is 0 Å². The van der Waals surface area contributed by atoms with Crippen molar-refractivity contribution in [2.75, 3.05) is 31.8 Å². The molecular formula is C17H22N2O2.